The van der Waals surface area contributed by atoms with Crippen molar-refractivity contribution in [3.63, 3.8) is 0 Å². The first-order chi connectivity index (χ1) is 40.1. The molecule has 3 N–H and O–H groups in total. The summed E-state index contributed by atoms with van der Waals surface area (Å²) in [5, 5.41) is 19.0. The normalized spacial score (nSPS) is 16.5. The van der Waals surface area contributed by atoms with Gasteiger partial charge in [-0.3, -0.25) is 33.6 Å². The Kier molecular flexibility index (Phi) is 20.7. The van der Waals surface area contributed by atoms with E-state index >= 15 is 0 Å². The van der Waals surface area contributed by atoms with Crippen molar-refractivity contribution in [1.82, 2.24) is 39.8 Å². The number of hydrogen-bond acceptors (Lipinski definition) is 14. The number of ketones is 1. The number of nitrogens with one attached hydrogen (secondary N) is 3. The summed E-state index contributed by atoms with van der Waals surface area (Å²) in [7, 11) is 3.39. The minimum absolute atomic E-state index is 0.0210. The molecule has 6 aromatic rings. The second-order valence-electron chi connectivity index (χ2n) is 22.0. The van der Waals surface area contributed by atoms with Gasteiger partial charge >= 0.3 is 0 Å². The van der Waals surface area contributed by atoms with Gasteiger partial charge in [0, 0.05) is 85.9 Å². The second kappa shape index (κ2) is 28.2. The Morgan fingerprint density at radius 2 is 1.47 bits per heavy atom. The van der Waals surface area contributed by atoms with Crippen molar-refractivity contribution in [1.29, 1.82) is 0 Å². The Bertz CT molecular complexity index is 3270. The molecule has 3 aromatic carbocycles. The first-order valence-corrected chi connectivity index (χ1v) is 29.8. The molecule has 21 heteroatoms. The van der Waals surface area contributed by atoms with Crippen LogP contribution in [0.4, 0.5) is 14.5 Å². The van der Waals surface area contributed by atoms with Gasteiger partial charge in [0.1, 0.15) is 40.7 Å². The van der Waals surface area contributed by atoms with Gasteiger partial charge in [0.15, 0.2) is 17.5 Å². The number of ether oxygens (including phenoxy) is 4. The molecule has 3 amide bonds. The van der Waals surface area contributed by atoms with E-state index in [0.29, 0.717) is 82.2 Å². The highest BCUT2D eigenvalue weighted by Gasteiger charge is 2.36. The summed E-state index contributed by atoms with van der Waals surface area (Å²) < 4.78 is 55.8. The number of carbonyl (C=O) groups is 4. The maximum atomic E-state index is 14.7. The number of carbonyl (C=O) groups excluding carboxylic acids is 4. The SMILES string of the molecule is CN[C@@H](C)C(=O)C[C@H](CN1CCN(C(=O)c2c(C(=O)NCCOCCOCCOCCOc3ccc(NC(=O)C[C@@H]4N=C(c5ccc(C)cc5)c5c(sc(C)c5C)-n5c(C)nnc54)cc3)c3cc(F)c(F)cc3n2C)CC1)C1CCCCC1. The molecule has 1 aliphatic carbocycles. The molecule has 0 spiro atoms. The number of aryl methyl sites for hydroxylation is 4. The number of anilines is 1. The zero-order valence-electron chi connectivity index (χ0n) is 48.8. The van der Waals surface area contributed by atoms with Crippen LogP contribution < -0.4 is 20.7 Å². The van der Waals surface area contributed by atoms with Crippen LogP contribution in [-0.2, 0) is 30.8 Å². The lowest BCUT2D eigenvalue weighted by Crippen LogP contribution is -2.51. The van der Waals surface area contributed by atoms with E-state index in [1.165, 1.54) is 28.7 Å². The average Bonchev–Trinajstić information content (AvgIpc) is 2.24. The molecule has 2 fully saturated rings. The van der Waals surface area contributed by atoms with Crippen LogP contribution in [0.5, 0.6) is 5.75 Å². The molecule has 0 unspecified atom stereocenters. The zero-order chi connectivity index (χ0) is 58.7. The molecule has 1 saturated carbocycles. The largest absolute Gasteiger partial charge is 0.491 e. The number of fused-ring (bicyclic) bond motifs is 4. The van der Waals surface area contributed by atoms with Gasteiger partial charge in [0.05, 0.1) is 68.9 Å². The molecule has 83 heavy (non-hydrogen) atoms. The highest BCUT2D eigenvalue weighted by molar-refractivity contribution is 7.15. The van der Waals surface area contributed by atoms with Crippen LogP contribution >= 0.6 is 11.3 Å². The average molecular weight is 1160 g/mol. The van der Waals surface area contributed by atoms with Crippen LogP contribution in [-0.4, -0.2) is 157 Å². The summed E-state index contributed by atoms with van der Waals surface area (Å²) in [5.41, 5.74) is 6.02. The number of piperazine rings is 1. The molecule has 9 rings (SSSR count). The van der Waals surface area contributed by atoms with E-state index in [-0.39, 0.29) is 78.6 Å². The lowest BCUT2D eigenvalue weighted by Gasteiger charge is -2.39. The van der Waals surface area contributed by atoms with Gasteiger partial charge in [-0.2, -0.15) is 0 Å². The van der Waals surface area contributed by atoms with Gasteiger partial charge in [0.25, 0.3) is 11.8 Å². The zero-order valence-corrected chi connectivity index (χ0v) is 49.6. The smallest absolute Gasteiger partial charge is 0.271 e. The number of aromatic nitrogens is 4. The minimum atomic E-state index is -1.12. The summed E-state index contributed by atoms with van der Waals surface area (Å²) in [5.74, 6) is -0.486. The number of halogens is 2. The van der Waals surface area contributed by atoms with Crippen molar-refractivity contribution in [3.05, 3.63) is 122 Å². The van der Waals surface area contributed by atoms with E-state index in [4.69, 9.17) is 23.9 Å². The number of aliphatic imine (C=N–C) groups is 1. The molecule has 3 atom stereocenters. The number of benzene rings is 3. The number of thiophene rings is 1. The Labute approximate surface area is 488 Å². The highest BCUT2D eigenvalue weighted by atomic mass is 32.1. The van der Waals surface area contributed by atoms with E-state index in [0.717, 1.165) is 70.3 Å². The van der Waals surface area contributed by atoms with Crippen molar-refractivity contribution in [2.75, 3.05) is 97.9 Å². The predicted molar refractivity (Wildman–Crippen MR) is 316 cm³/mol. The molecule has 18 nitrogen and oxygen atoms in total. The Morgan fingerprint density at radius 1 is 0.807 bits per heavy atom. The molecule has 0 bridgehead atoms. The summed E-state index contributed by atoms with van der Waals surface area (Å²) in [4.78, 5) is 65.3. The standard InChI is InChI=1S/C62H78F2N10O8S/c1-38-13-15-44(16-14-38)57-55-39(2)41(4)83-62(55)74-42(5)69-70-59(74)51(68-57)36-54(76)67-46-17-19-47(20-18-46)82-32-31-81-30-29-80-28-27-79-26-21-66-60(77)56-48-34-49(63)50(64)35-52(48)71(7)58(56)61(78)73-24-22-72(23-25-73)37-45(33-53(75)40(3)65-6)43-11-9-8-10-12-43/h13-20,34-35,40,43,45,51,65H,8-12,21-33,36-37H2,1-7H3,(H,66,77)(H,67,76)/t40-,45+,51-/m0/s1. The lowest BCUT2D eigenvalue weighted by atomic mass is 9.77. The highest BCUT2D eigenvalue weighted by Crippen LogP contribution is 2.40. The Balaban J connectivity index is 0.672. The van der Waals surface area contributed by atoms with Crippen LogP contribution in [0.15, 0.2) is 65.7 Å². The summed E-state index contributed by atoms with van der Waals surface area (Å²) in [6.07, 6.45) is 6.43. The van der Waals surface area contributed by atoms with Crippen LogP contribution in [0.3, 0.4) is 0 Å². The fourth-order valence-corrected chi connectivity index (χ4v) is 12.7. The Hall–Kier alpha value is -6.75. The molecule has 0 radical (unpaired) electrons. The van der Waals surface area contributed by atoms with Gasteiger partial charge in [-0.1, -0.05) is 61.9 Å². The molecule has 3 aliphatic rings. The third kappa shape index (κ3) is 14.6. The van der Waals surface area contributed by atoms with Gasteiger partial charge in [-0.05, 0) is 89.4 Å². The topological polar surface area (TPSA) is 196 Å². The van der Waals surface area contributed by atoms with E-state index in [9.17, 15) is 28.0 Å². The number of amides is 3. The molecule has 1 saturated heterocycles. The van der Waals surface area contributed by atoms with E-state index < -0.39 is 29.5 Å². The van der Waals surface area contributed by atoms with Crippen molar-refractivity contribution in [2.24, 2.45) is 23.9 Å². The van der Waals surface area contributed by atoms with E-state index in [2.05, 4.69) is 76.1 Å². The third-order valence-electron chi connectivity index (χ3n) is 16.4. The Morgan fingerprint density at radius 3 is 2.16 bits per heavy atom. The number of rotatable bonds is 26. The molecular formula is C62H78F2N10O8S. The molecule has 3 aromatic heterocycles. The van der Waals surface area contributed by atoms with Gasteiger partial charge in [-0.15, -0.1) is 21.5 Å². The maximum absolute atomic E-state index is 14.7. The fraction of sp³-hybridized carbons (Fsp3) is 0.500. The monoisotopic (exact) mass is 1160 g/mol. The molecule has 5 heterocycles. The number of likely N-dealkylation sites (N-methyl/N-ethyl adjacent to an activating group) is 1. The summed E-state index contributed by atoms with van der Waals surface area (Å²) >= 11 is 1.68. The predicted octanol–water partition coefficient (Wildman–Crippen LogP) is 8.63. The van der Waals surface area contributed by atoms with Crippen molar-refractivity contribution in [2.45, 2.75) is 91.6 Å². The van der Waals surface area contributed by atoms with Crippen LogP contribution in [0.1, 0.15) is 118 Å². The lowest BCUT2D eigenvalue weighted by molar-refractivity contribution is -0.122. The quantitative estimate of drug-likeness (QED) is 0.0438. The minimum Gasteiger partial charge on any atom is -0.491 e. The van der Waals surface area contributed by atoms with Crippen LogP contribution in [0, 0.1) is 51.2 Å². The van der Waals surface area contributed by atoms with Crippen molar-refractivity contribution in [3.8, 4) is 10.8 Å². The van der Waals surface area contributed by atoms with Gasteiger partial charge in [0.2, 0.25) is 5.91 Å². The first-order valence-electron chi connectivity index (χ1n) is 29.0. The molecular weight excluding hydrogens is 1080 g/mol. The summed E-state index contributed by atoms with van der Waals surface area (Å²) in [6, 6.07) is 16.6. The number of hydrogen-bond donors (Lipinski definition) is 3. The van der Waals surface area contributed by atoms with Crippen molar-refractivity contribution < 1.29 is 46.9 Å². The van der Waals surface area contributed by atoms with Gasteiger partial charge < -0.3 is 44.4 Å². The third-order valence-corrected chi connectivity index (χ3v) is 17.6. The maximum Gasteiger partial charge on any atom is 0.271 e. The molecule has 444 valence electrons. The molecule has 2 aliphatic heterocycles. The van der Waals surface area contributed by atoms with Crippen molar-refractivity contribution >= 4 is 57.1 Å². The number of nitrogens with zero attached hydrogens (tertiary/aromatic N) is 7. The second-order valence-corrected chi connectivity index (χ2v) is 23.2. The van der Waals surface area contributed by atoms with Crippen LogP contribution in [0.2, 0.25) is 0 Å². The van der Waals surface area contributed by atoms with E-state index in [1.807, 2.05) is 18.4 Å². The first kappa shape index (κ1) is 60.8. The van der Waals surface area contributed by atoms with Gasteiger partial charge in [-0.25, -0.2) is 8.78 Å². The number of Topliss-reactive ketones (excluding diaryl/α,β-unsaturated/α-hetero) is 1. The fourth-order valence-electron chi connectivity index (χ4n) is 11.5. The van der Waals surface area contributed by atoms with Crippen LogP contribution in [0.25, 0.3) is 15.9 Å². The van der Waals surface area contributed by atoms with E-state index in [1.54, 1.807) is 54.6 Å². The summed E-state index contributed by atoms with van der Waals surface area (Å²) in [6.45, 7) is 14.9.